The Morgan fingerprint density at radius 2 is 2.00 bits per heavy atom. The lowest BCUT2D eigenvalue weighted by atomic mass is 9.89. The number of imidazole rings is 1. The molecule has 1 aromatic heterocycles. The van der Waals surface area contributed by atoms with Crippen LogP contribution in [0.3, 0.4) is 0 Å². The molecule has 0 bridgehead atoms. The van der Waals surface area contributed by atoms with E-state index in [1.807, 2.05) is 18.5 Å². The molecule has 1 heterocycles. The topological polar surface area (TPSA) is 41.6 Å². The summed E-state index contributed by atoms with van der Waals surface area (Å²) in [5.41, 5.74) is 1.59. The number of rotatable bonds is 1. The molecule has 0 amide bonds. The quantitative estimate of drug-likeness (QED) is 0.704. The van der Waals surface area contributed by atoms with Crippen LogP contribution in [0.5, 0.6) is 0 Å². The van der Waals surface area contributed by atoms with Crippen LogP contribution in [0.25, 0.3) is 0 Å². The number of aromatic nitrogens is 2. The summed E-state index contributed by atoms with van der Waals surface area (Å²) in [6.07, 6.45) is 6.42. The number of aryl methyl sites for hydroxylation is 1. The molecule has 0 aromatic carbocycles. The normalized spacial score (nSPS) is 17.7. The zero-order valence-corrected chi connectivity index (χ0v) is 9.45. The number of nitriles is 1. The van der Waals surface area contributed by atoms with Gasteiger partial charge in [0.2, 0.25) is 0 Å². The van der Waals surface area contributed by atoms with Gasteiger partial charge in [0.1, 0.15) is 17.6 Å². The summed E-state index contributed by atoms with van der Waals surface area (Å²) in [4.78, 5) is 4.55. The lowest BCUT2D eigenvalue weighted by Gasteiger charge is -2.20. The molecule has 0 radical (unpaired) electrons. The first-order valence-electron chi connectivity index (χ1n) is 5.67. The van der Waals surface area contributed by atoms with E-state index >= 15 is 0 Å². The third-order valence-corrected chi connectivity index (χ3v) is 3.38. The van der Waals surface area contributed by atoms with Gasteiger partial charge in [0.15, 0.2) is 0 Å². The smallest absolute Gasteiger partial charge is 0.142 e. The van der Waals surface area contributed by atoms with Gasteiger partial charge in [-0.15, -0.1) is 0 Å². The van der Waals surface area contributed by atoms with Crippen molar-refractivity contribution in [2.75, 3.05) is 0 Å². The Kier molecular flexibility index (Phi) is 2.77. The van der Waals surface area contributed by atoms with Gasteiger partial charge in [-0.1, -0.05) is 19.3 Å². The van der Waals surface area contributed by atoms with E-state index < -0.39 is 0 Å². The van der Waals surface area contributed by atoms with Gasteiger partial charge in [0, 0.05) is 13.0 Å². The van der Waals surface area contributed by atoms with Gasteiger partial charge in [-0.25, -0.2) is 4.98 Å². The second kappa shape index (κ2) is 4.06. The number of hydrogen-bond donors (Lipinski definition) is 0. The fraction of sp³-hybridized carbons (Fsp3) is 0.667. The van der Waals surface area contributed by atoms with Crippen LogP contribution in [-0.2, 0) is 7.05 Å². The first kappa shape index (κ1) is 10.2. The molecule has 0 atom stereocenters. The molecule has 80 valence electrons. The predicted octanol–water partition coefficient (Wildman–Crippen LogP) is 2.65. The molecule has 1 aliphatic carbocycles. The average Bonchev–Trinajstić information content (AvgIpc) is 2.55. The first-order chi connectivity index (χ1) is 7.24. The highest BCUT2D eigenvalue weighted by Gasteiger charge is 2.22. The van der Waals surface area contributed by atoms with Crippen molar-refractivity contribution in [2.24, 2.45) is 7.05 Å². The summed E-state index contributed by atoms with van der Waals surface area (Å²) in [6.45, 7) is 1.92. The molecule has 3 nitrogen and oxygen atoms in total. The molecule has 2 rings (SSSR count). The van der Waals surface area contributed by atoms with Crippen molar-refractivity contribution in [1.82, 2.24) is 9.55 Å². The van der Waals surface area contributed by atoms with E-state index in [2.05, 4.69) is 11.1 Å². The van der Waals surface area contributed by atoms with Gasteiger partial charge in [-0.3, -0.25) is 0 Å². The van der Waals surface area contributed by atoms with Gasteiger partial charge >= 0.3 is 0 Å². The zero-order chi connectivity index (χ0) is 10.8. The van der Waals surface area contributed by atoms with E-state index in [0.29, 0.717) is 5.92 Å². The first-order valence-corrected chi connectivity index (χ1v) is 5.67. The Balaban J connectivity index is 2.32. The van der Waals surface area contributed by atoms with Crippen LogP contribution in [0.15, 0.2) is 0 Å². The Bertz CT molecular complexity index is 392. The maximum absolute atomic E-state index is 9.00. The maximum atomic E-state index is 9.00. The Labute approximate surface area is 90.7 Å². The Morgan fingerprint density at radius 3 is 2.53 bits per heavy atom. The molecule has 0 N–H and O–H groups in total. The van der Waals surface area contributed by atoms with Gasteiger partial charge in [-0.05, 0) is 19.8 Å². The Hall–Kier alpha value is -1.30. The molecule has 1 saturated carbocycles. The van der Waals surface area contributed by atoms with Crippen molar-refractivity contribution in [1.29, 1.82) is 5.26 Å². The summed E-state index contributed by atoms with van der Waals surface area (Å²) < 4.78 is 1.98. The van der Waals surface area contributed by atoms with Crippen LogP contribution in [0.4, 0.5) is 0 Å². The van der Waals surface area contributed by atoms with Gasteiger partial charge in [0.25, 0.3) is 0 Å². The van der Waals surface area contributed by atoms with E-state index in [-0.39, 0.29) is 0 Å². The number of hydrogen-bond acceptors (Lipinski definition) is 2. The fourth-order valence-corrected chi connectivity index (χ4v) is 2.54. The molecule has 1 aliphatic rings. The van der Waals surface area contributed by atoms with Gasteiger partial charge in [0.05, 0.1) is 5.69 Å². The van der Waals surface area contributed by atoms with E-state index in [4.69, 9.17) is 5.26 Å². The van der Waals surface area contributed by atoms with Crippen molar-refractivity contribution >= 4 is 0 Å². The predicted molar refractivity (Wildman–Crippen MR) is 58.5 cm³/mol. The fourth-order valence-electron chi connectivity index (χ4n) is 2.54. The van der Waals surface area contributed by atoms with Crippen molar-refractivity contribution in [3.05, 3.63) is 17.2 Å². The second-order valence-electron chi connectivity index (χ2n) is 4.41. The summed E-state index contributed by atoms with van der Waals surface area (Å²) in [6, 6.07) is 2.22. The largest absolute Gasteiger partial charge is 0.323 e. The SMILES string of the molecule is Cc1nc(C2CCCCC2)n(C)c1C#N. The summed E-state index contributed by atoms with van der Waals surface area (Å²) in [7, 11) is 1.96. The molecule has 0 saturated heterocycles. The molecule has 1 aromatic rings. The van der Waals surface area contributed by atoms with Crippen molar-refractivity contribution in [3.63, 3.8) is 0 Å². The van der Waals surface area contributed by atoms with Gasteiger partial charge in [-0.2, -0.15) is 5.26 Å². The maximum Gasteiger partial charge on any atom is 0.142 e. The summed E-state index contributed by atoms with van der Waals surface area (Å²) >= 11 is 0. The van der Waals surface area contributed by atoms with Crippen molar-refractivity contribution in [3.8, 4) is 6.07 Å². The number of nitrogens with zero attached hydrogens (tertiary/aromatic N) is 3. The molecule has 0 unspecified atom stereocenters. The highest BCUT2D eigenvalue weighted by atomic mass is 15.1. The molecule has 3 heteroatoms. The van der Waals surface area contributed by atoms with Crippen LogP contribution >= 0.6 is 0 Å². The summed E-state index contributed by atoms with van der Waals surface area (Å²) in [5.74, 6) is 1.69. The minimum Gasteiger partial charge on any atom is -0.323 e. The standard InChI is InChI=1S/C12H17N3/c1-9-11(8-13)15(2)12(14-9)10-6-4-3-5-7-10/h10H,3-7H2,1-2H3. The zero-order valence-electron chi connectivity index (χ0n) is 9.45. The highest BCUT2D eigenvalue weighted by Crippen LogP contribution is 2.32. The van der Waals surface area contributed by atoms with Gasteiger partial charge < -0.3 is 4.57 Å². The second-order valence-corrected chi connectivity index (χ2v) is 4.41. The highest BCUT2D eigenvalue weighted by molar-refractivity contribution is 5.29. The third-order valence-electron chi connectivity index (χ3n) is 3.38. The monoisotopic (exact) mass is 203 g/mol. The third kappa shape index (κ3) is 1.77. The van der Waals surface area contributed by atoms with Crippen LogP contribution in [0, 0.1) is 18.3 Å². The van der Waals surface area contributed by atoms with Crippen LogP contribution in [0.2, 0.25) is 0 Å². The van der Waals surface area contributed by atoms with Crippen LogP contribution in [0.1, 0.15) is 55.2 Å². The Morgan fingerprint density at radius 1 is 1.33 bits per heavy atom. The summed E-state index contributed by atoms with van der Waals surface area (Å²) in [5, 5.41) is 9.00. The molecule has 0 spiro atoms. The molecule has 15 heavy (non-hydrogen) atoms. The van der Waals surface area contributed by atoms with E-state index in [1.165, 1.54) is 32.1 Å². The molecule has 0 aliphatic heterocycles. The van der Waals surface area contributed by atoms with E-state index in [0.717, 1.165) is 17.2 Å². The minimum atomic E-state index is 0.574. The lowest BCUT2D eigenvalue weighted by Crippen LogP contribution is -2.10. The van der Waals surface area contributed by atoms with Crippen molar-refractivity contribution in [2.45, 2.75) is 44.9 Å². The van der Waals surface area contributed by atoms with Crippen LogP contribution < -0.4 is 0 Å². The molecular weight excluding hydrogens is 186 g/mol. The average molecular weight is 203 g/mol. The minimum absolute atomic E-state index is 0.574. The van der Waals surface area contributed by atoms with Crippen molar-refractivity contribution < 1.29 is 0 Å². The molecular formula is C12H17N3. The van der Waals surface area contributed by atoms with E-state index in [1.54, 1.807) is 0 Å². The van der Waals surface area contributed by atoms with Crippen LogP contribution in [-0.4, -0.2) is 9.55 Å². The van der Waals surface area contributed by atoms with E-state index in [9.17, 15) is 0 Å². The lowest BCUT2D eigenvalue weighted by molar-refractivity contribution is 0.421. The molecule has 1 fully saturated rings.